The Morgan fingerprint density at radius 2 is 1.86 bits per heavy atom. The van der Waals surface area contributed by atoms with Crippen LogP contribution in [0.3, 0.4) is 0 Å². The Morgan fingerprint density at radius 3 is 2.54 bits per heavy atom. The third-order valence-corrected chi connectivity index (χ3v) is 3.91. The smallest absolute Gasteiger partial charge is 0.335 e. The Balaban J connectivity index is 1.90. The van der Waals surface area contributed by atoms with Gasteiger partial charge in [-0.25, -0.2) is 9.18 Å². The lowest BCUT2D eigenvalue weighted by Gasteiger charge is -2.08. The van der Waals surface area contributed by atoms with E-state index >= 15 is 0 Å². The van der Waals surface area contributed by atoms with Crippen molar-refractivity contribution in [1.82, 2.24) is 4.57 Å². The summed E-state index contributed by atoms with van der Waals surface area (Å²) in [7, 11) is 0. The number of nitrogens with zero attached hydrogens (tertiary/aromatic N) is 2. The SMILES string of the molecule is N#CC(=Cc1cccn1-c1cccc(C(=O)O)c1)C(=O)Nc1ccc(F)cc1. The van der Waals surface area contributed by atoms with Crippen LogP contribution in [-0.2, 0) is 4.79 Å². The van der Waals surface area contributed by atoms with Crippen LogP contribution < -0.4 is 5.32 Å². The van der Waals surface area contributed by atoms with Crippen molar-refractivity contribution in [2.24, 2.45) is 0 Å². The molecule has 7 heteroatoms. The number of aromatic nitrogens is 1. The third kappa shape index (κ3) is 4.14. The van der Waals surface area contributed by atoms with Crippen molar-refractivity contribution in [2.45, 2.75) is 0 Å². The van der Waals surface area contributed by atoms with Gasteiger partial charge in [0, 0.05) is 23.3 Å². The van der Waals surface area contributed by atoms with Crippen LogP contribution in [0.25, 0.3) is 11.8 Å². The number of hydrogen-bond donors (Lipinski definition) is 2. The first kappa shape index (κ1) is 18.6. The molecule has 1 aromatic heterocycles. The Bertz CT molecular complexity index is 1110. The maximum Gasteiger partial charge on any atom is 0.335 e. The van der Waals surface area contributed by atoms with Gasteiger partial charge in [0.25, 0.3) is 5.91 Å². The van der Waals surface area contributed by atoms with Crippen molar-refractivity contribution in [1.29, 1.82) is 5.26 Å². The van der Waals surface area contributed by atoms with Crippen molar-refractivity contribution in [3.05, 3.63) is 89.5 Å². The summed E-state index contributed by atoms with van der Waals surface area (Å²) in [6.45, 7) is 0. The maximum absolute atomic E-state index is 13.0. The number of carbonyl (C=O) groups excluding carboxylic acids is 1. The molecule has 1 amide bonds. The number of amides is 1. The average Bonchev–Trinajstić information content (AvgIpc) is 3.16. The lowest BCUT2D eigenvalue weighted by atomic mass is 10.2. The van der Waals surface area contributed by atoms with Gasteiger partial charge in [-0.15, -0.1) is 0 Å². The van der Waals surface area contributed by atoms with Gasteiger partial charge < -0.3 is 15.0 Å². The lowest BCUT2D eigenvalue weighted by molar-refractivity contribution is -0.112. The van der Waals surface area contributed by atoms with E-state index in [4.69, 9.17) is 5.11 Å². The molecule has 3 aromatic rings. The number of hydrogen-bond acceptors (Lipinski definition) is 3. The zero-order chi connectivity index (χ0) is 20.1. The van der Waals surface area contributed by atoms with E-state index in [2.05, 4.69) is 5.32 Å². The molecular weight excluding hydrogens is 361 g/mol. The standard InChI is InChI=1S/C21H14FN3O3/c22-16-6-8-17(9-7-16)24-20(26)15(13-23)12-19-5-2-10-25(19)18-4-1-3-14(11-18)21(27)28/h1-12H,(H,24,26)(H,27,28). The average molecular weight is 375 g/mol. The number of carboxylic acid groups (broad SMARTS) is 1. The molecule has 0 aliphatic heterocycles. The minimum absolute atomic E-state index is 0.121. The molecule has 0 aliphatic rings. The molecule has 0 radical (unpaired) electrons. The fourth-order valence-corrected chi connectivity index (χ4v) is 2.56. The van der Waals surface area contributed by atoms with E-state index in [-0.39, 0.29) is 11.1 Å². The van der Waals surface area contributed by atoms with E-state index in [1.54, 1.807) is 35.0 Å². The number of halogens is 1. The number of carbonyl (C=O) groups is 2. The van der Waals surface area contributed by atoms with Crippen molar-refractivity contribution in [3.63, 3.8) is 0 Å². The van der Waals surface area contributed by atoms with Gasteiger partial charge >= 0.3 is 5.97 Å². The second kappa shape index (κ2) is 8.01. The summed E-state index contributed by atoms with van der Waals surface area (Å²) in [5, 5.41) is 21.1. The molecule has 0 spiro atoms. The fourth-order valence-electron chi connectivity index (χ4n) is 2.56. The second-order valence-corrected chi connectivity index (χ2v) is 5.79. The number of rotatable bonds is 5. The summed E-state index contributed by atoms with van der Waals surface area (Å²) >= 11 is 0. The fraction of sp³-hybridized carbons (Fsp3) is 0. The summed E-state index contributed by atoms with van der Waals surface area (Å²) in [6, 6.07) is 16.7. The van der Waals surface area contributed by atoms with E-state index < -0.39 is 17.7 Å². The molecule has 0 saturated carbocycles. The minimum Gasteiger partial charge on any atom is -0.478 e. The number of nitrogens with one attached hydrogen (secondary N) is 1. The minimum atomic E-state index is -1.05. The van der Waals surface area contributed by atoms with Crippen LogP contribution in [0.15, 0.2) is 72.4 Å². The van der Waals surface area contributed by atoms with Crippen LogP contribution in [0.2, 0.25) is 0 Å². The molecule has 0 fully saturated rings. The van der Waals surface area contributed by atoms with Crippen molar-refractivity contribution in [2.75, 3.05) is 5.32 Å². The second-order valence-electron chi connectivity index (χ2n) is 5.79. The van der Waals surface area contributed by atoms with Gasteiger partial charge in [0.05, 0.1) is 5.56 Å². The van der Waals surface area contributed by atoms with Crippen LogP contribution in [0.5, 0.6) is 0 Å². The van der Waals surface area contributed by atoms with E-state index in [1.165, 1.54) is 42.5 Å². The summed E-state index contributed by atoms with van der Waals surface area (Å²) in [6.07, 6.45) is 3.09. The van der Waals surface area contributed by atoms with Crippen molar-refractivity contribution < 1.29 is 19.1 Å². The molecule has 0 atom stereocenters. The molecule has 0 bridgehead atoms. The third-order valence-electron chi connectivity index (χ3n) is 3.91. The molecule has 6 nitrogen and oxygen atoms in total. The van der Waals surface area contributed by atoms with Crippen molar-refractivity contribution >= 4 is 23.6 Å². The van der Waals surface area contributed by atoms with Gasteiger partial charge in [0.1, 0.15) is 17.5 Å². The highest BCUT2D eigenvalue weighted by molar-refractivity contribution is 6.09. The highest BCUT2D eigenvalue weighted by Gasteiger charge is 2.12. The predicted octanol–water partition coefficient (Wildman–Crippen LogP) is 3.86. The van der Waals surface area contributed by atoms with Gasteiger partial charge in [0.2, 0.25) is 0 Å². The van der Waals surface area contributed by atoms with Crippen LogP contribution in [-0.4, -0.2) is 21.6 Å². The first-order valence-electron chi connectivity index (χ1n) is 8.18. The van der Waals surface area contributed by atoms with Crippen LogP contribution >= 0.6 is 0 Å². The molecule has 0 unspecified atom stereocenters. The van der Waals surface area contributed by atoms with Crippen LogP contribution in [0.4, 0.5) is 10.1 Å². The highest BCUT2D eigenvalue weighted by Crippen LogP contribution is 2.18. The Kier molecular flexibility index (Phi) is 5.33. The van der Waals surface area contributed by atoms with Crippen LogP contribution in [0.1, 0.15) is 16.1 Å². The Hall–Kier alpha value is -4.18. The van der Waals surface area contributed by atoms with E-state index in [0.29, 0.717) is 17.1 Å². The number of anilines is 1. The monoisotopic (exact) mass is 375 g/mol. The predicted molar refractivity (Wildman–Crippen MR) is 101 cm³/mol. The van der Waals surface area contributed by atoms with Crippen LogP contribution in [0, 0.1) is 17.1 Å². The summed E-state index contributed by atoms with van der Waals surface area (Å²) in [4.78, 5) is 23.5. The molecular formula is C21H14FN3O3. The number of benzene rings is 2. The first-order chi connectivity index (χ1) is 13.5. The zero-order valence-electron chi connectivity index (χ0n) is 14.5. The number of carboxylic acids is 1. The molecule has 2 N–H and O–H groups in total. The topological polar surface area (TPSA) is 95.1 Å². The summed E-state index contributed by atoms with van der Waals surface area (Å²) < 4.78 is 14.6. The number of nitriles is 1. The Morgan fingerprint density at radius 1 is 1.11 bits per heavy atom. The van der Waals surface area contributed by atoms with E-state index in [9.17, 15) is 19.2 Å². The highest BCUT2D eigenvalue weighted by atomic mass is 19.1. The van der Waals surface area contributed by atoms with Crippen molar-refractivity contribution in [3.8, 4) is 11.8 Å². The summed E-state index contributed by atoms with van der Waals surface area (Å²) in [5.41, 5.74) is 1.42. The molecule has 0 saturated heterocycles. The quantitative estimate of drug-likeness (QED) is 0.523. The maximum atomic E-state index is 13.0. The number of aromatic carboxylic acids is 1. The molecule has 2 aromatic carbocycles. The van der Waals surface area contributed by atoms with E-state index in [1.807, 2.05) is 6.07 Å². The lowest BCUT2D eigenvalue weighted by Crippen LogP contribution is -2.13. The molecule has 0 aliphatic carbocycles. The molecule has 1 heterocycles. The summed E-state index contributed by atoms with van der Waals surface area (Å²) in [5.74, 6) is -2.13. The van der Waals surface area contributed by atoms with E-state index in [0.717, 1.165) is 0 Å². The molecule has 138 valence electrons. The van der Waals surface area contributed by atoms with Gasteiger partial charge in [-0.3, -0.25) is 4.79 Å². The Labute approximate surface area is 159 Å². The molecule has 28 heavy (non-hydrogen) atoms. The van der Waals surface area contributed by atoms with Gasteiger partial charge in [-0.1, -0.05) is 6.07 Å². The first-order valence-corrected chi connectivity index (χ1v) is 8.18. The largest absolute Gasteiger partial charge is 0.478 e. The van der Waals surface area contributed by atoms with Gasteiger partial charge in [-0.05, 0) is 60.7 Å². The van der Waals surface area contributed by atoms with Gasteiger partial charge in [0.15, 0.2) is 0 Å². The van der Waals surface area contributed by atoms with Gasteiger partial charge in [-0.2, -0.15) is 5.26 Å². The zero-order valence-corrected chi connectivity index (χ0v) is 14.5. The normalized spacial score (nSPS) is 10.9. The molecule has 3 rings (SSSR count).